The minimum absolute atomic E-state index is 0.245. The fourth-order valence-electron chi connectivity index (χ4n) is 1.74. The summed E-state index contributed by atoms with van der Waals surface area (Å²) in [4.78, 5) is 12.1. The van der Waals surface area contributed by atoms with Gasteiger partial charge < -0.3 is 10.1 Å². The van der Waals surface area contributed by atoms with E-state index in [1.165, 1.54) is 0 Å². The van der Waals surface area contributed by atoms with Gasteiger partial charge in [-0.15, -0.1) is 0 Å². The Morgan fingerprint density at radius 1 is 1.14 bits per heavy atom. The molecule has 0 saturated carbocycles. The van der Waals surface area contributed by atoms with E-state index in [2.05, 4.69) is 5.32 Å². The molecule has 0 aromatic heterocycles. The molecule has 2 rings (SSSR count). The standard InChI is InChI=1S/C16H15Cl2NO2/c1-10-13(17)8-9-14(15(10)18)21-11(2)16(20)19-12-6-4-3-5-7-12/h3-9,11H,1-2H3,(H,19,20). The molecule has 0 aliphatic carbocycles. The summed E-state index contributed by atoms with van der Waals surface area (Å²) < 4.78 is 5.61. The number of para-hydroxylation sites is 1. The molecular weight excluding hydrogens is 309 g/mol. The van der Waals surface area contributed by atoms with Crippen LogP contribution < -0.4 is 10.1 Å². The Labute approximate surface area is 133 Å². The highest BCUT2D eigenvalue weighted by molar-refractivity contribution is 6.36. The predicted molar refractivity (Wildman–Crippen MR) is 86.4 cm³/mol. The van der Waals surface area contributed by atoms with Crippen molar-refractivity contribution in [3.05, 3.63) is 58.1 Å². The van der Waals surface area contributed by atoms with Gasteiger partial charge in [0.15, 0.2) is 6.10 Å². The first-order valence-electron chi connectivity index (χ1n) is 6.46. The minimum Gasteiger partial charge on any atom is -0.479 e. The van der Waals surface area contributed by atoms with E-state index in [1.54, 1.807) is 26.0 Å². The van der Waals surface area contributed by atoms with Gasteiger partial charge in [-0.1, -0.05) is 41.4 Å². The lowest BCUT2D eigenvalue weighted by Gasteiger charge is -2.16. The zero-order chi connectivity index (χ0) is 15.4. The molecule has 0 spiro atoms. The van der Waals surface area contributed by atoms with Gasteiger partial charge >= 0.3 is 0 Å². The molecule has 3 nitrogen and oxygen atoms in total. The van der Waals surface area contributed by atoms with Crippen molar-refractivity contribution in [3.8, 4) is 5.75 Å². The van der Waals surface area contributed by atoms with Gasteiger partial charge in [-0.2, -0.15) is 0 Å². The molecular formula is C16H15Cl2NO2. The number of rotatable bonds is 4. The quantitative estimate of drug-likeness (QED) is 0.885. The first-order chi connectivity index (χ1) is 9.99. The van der Waals surface area contributed by atoms with Crippen LogP contribution in [-0.2, 0) is 4.79 Å². The normalized spacial score (nSPS) is 11.8. The number of halogens is 2. The summed E-state index contributed by atoms with van der Waals surface area (Å²) in [5.74, 6) is 0.194. The number of hydrogen-bond acceptors (Lipinski definition) is 2. The smallest absolute Gasteiger partial charge is 0.265 e. The molecule has 0 saturated heterocycles. The topological polar surface area (TPSA) is 38.3 Å². The highest BCUT2D eigenvalue weighted by Crippen LogP contribution is 2.33. The van der Waals surface area contributed by atoms with Crippen molar-refractivity contribution in [2.75, 3.05) is 5.32 Å². The van der Waals surface area contributed by atoms with E-state index in [4.69, 9.17) is 27.9 Å². The number of amides is 1. The molecule has 1 unspecified atom stereocenters. The number of ether oxygens (including phenoxy) is 1. The molecule has 110 valence electrons. The summed E-state index contributed by atoms with van der Waals surface area (Å²) in [5, 5.41) is 3.76. The van der Waals surface area contributed by atoms with Gasteiger partial charge in [0.2, 0.25) is 0 Å². The number of nitrogens with one attached hydrogen (secondary N) is 1. The van der Waals surface area contributed by atoms with E-state index in [1.807, 2.05) is 30.3 Å². The highest BCUT2D eigenvalue weighted by atomic mass is 35.5. The summed E-state index contributed by atoms with van der Waals surface area (Å²) in [6.45, 7) is 3.46. The fourth-order valence-corrected chi connectivity index (χ4v) is 2.15. The van der Waals surface area contributed by atoms with E-state index in [0.717, 1.165) is 11.3 Å². The second-order valence-corrected chi connectivity index (χ2v) is 5.39. The van der Waals surface area contributed by atoms with Crippen molar-refractivity contribution in [1.82, 2.24) is 0 Å². The molecule has 0 radical (unpaired) electrons. The summed E-state index contributed by atoms with van der Waals surface area (Å²) in [6, 6.07) is 12.5. The molecule has 5 heteroatoms. The van der Waals surface area contributed by atoms with Crippen LogP contribution in [0.4, 0.5) is 5.69 Å². The Balaban J connectivity index is 2.06. The van der Waals surface area contributed by atoms with E-state index >= 15 is 0 Å². The van der Waals surface area contributed by atoms with Gasteiger partial charge in [-0.05, 0) is 43.7 Å². The van der Waals surface area contributed by atoms with Gasteiger partial charge in [-0.25, -0.2) is 0 Å². The molecule has 21 heavy (non-hydrogen) atoms. The van der Waals surface area contributed by atoms with E-state index in [0.29, 0.717) is 15.8 Å². The van der Waals surface area contributed by atoms with E-state index in [-0.39, 0.29) is 5.91 Å². The van der Waals surface area contributed by atoms with Crippen molar-refractivity contribution < 1.29 is 9.53 Å². The molecule has 1 N–H and O–H groups in total. The number of hydrogen-bond donors (Lipinski definition) is 1. The van der Waals surface area contributed by atoms with Crippen LogP contribution in [0.15, 0.2) is 42.5 Å². The van der Waals surface area contributed by atoms with Crippen LogP contribution >= 0.6 is 23.2 Å². The largest absolute Gasteiger partial charge is 0.479 e. The van der Waals surface area contributed by atoms with Crippen LogP contribution in [0.3, 0.4) is 0 Å². The number of carbonyl (C=O) groups is 1. The Hall–Kier alpha value is -1.71. The fraction of sp³-hybridized carbons (Fsp3) is 0.188. The highest BCUT2D eigenvalue weighted by Gasteiger charge is 2.17. The van der Waals surface area contributed by atoms with Crippen LogP contribution in [0.1, 0.15) is 12.5 Å². The molecule has 0 bridgehead atoms. The first kappa shape index (κ1) is 15.7. The Morgan fingerprint density at radius 3 is 2.48 bits per heavy atom. The monoisotopic (exact) mass is 323 g/mol. The van der Waals surface area contributed by atoms with E-state index in [9.17, 15) is 4.79 Å². The second-order valence-electron chi connectivity index (χ2n) is 4.60. The van der Waals surface area contributed by atoms with Crippen LogP contribution in [-0.4, -0.2) is 12.0 Å². The third-order valence-corrected chi connectivity index (χ3v) is 3.88. The third-order valence-electron chi connectivity index (χ3n) is 3.00. The second kappa shape index (κ2) is 6.83. The van der Waals surface area contributed by atoms with Crippen LogP contribution in [0.25, 0.3) is 0 Å². The zero-order valence-corrected chi connectivity index (χ0v) is 13.2. The maximum atomic E-state index is 12.1. The zero-order valence-electron chi connectivity index (χ0n) is 11.7. The van der Waals surface area contributed by atoms with Crippen molar-refractivity contribution in [2.24, 2.45) is 0 Å². The molecule has 0 fully saturated rings. The summed E-state index contributed by atoms with van der Waals surface area (Å²) in [6.07, 6.45) is -0.678. The SMILES string of the molecule is Cc1c(Cl)ccc(OC(C)C(=O)Nc2ccccc2)c1Cl. The van der Waals surface area contributed by atoms with Crippen molar-refractivity contribution in [1.29, 1.82) is 0 Å². The molecule has 2 aromatic rings. The Morgan fingerprint density at radius 2 is 1.81 bits per heavy atom. The van der Waals surface area contributed by atoms with Gasteiger partial charge in [0.25, 0.3) is 5.91 Å². The molecule has 0 heterocycles. The van der Waals surface area contributed by atoms with Crippen molar-refractivity contribution in [3.63, 3.8) is 0 Å². The lowest BCUT2D eigenvalue weighted by Crippen LogP contribution is -2.30. The number of carbonyl (C=O) groups excluding carboxylic acids is 1. The molecule has 1 atom stereocenters. The number of anilines is 1. The Bertz CT molecular complexity index is 644. The minimum atomic E-state index is -0.678. The average molecular weight is 324 g/mol. The molecule has 1 amide bonds. The molecule has 0 aliphatic heterocycles. The Kier molecular flexibility index (Phi) is 5.10. The van der Waals surface area contributed by atoms with Crippen LogP contribution in [0.5, 0.6) is 5.75 Å². The van der Waals surface area contributed by atoms with Crippen LogP contribution in [0.2, 0.25) is 10.0 Å². The van der Waals surface area contributed by atoms with Crippen LogP contribution in [0, 0.1) is 6.92 Å². The molecule has 2 aromatic carbocycles. The summed E-state index contributed by atoms with van der Waals surface area (Å²) in [5.41, 5.74) is 1.45. The lowest BCUT2D eigenvalue weighted by molar-refractivity contribution is -0.122. The average Bonchev–Trinajstić information content (AvgIpc) is 2.48. The van der Waals surface area contributed by atoms with Gasteiger partial charge in [0, 0.05) is 10.7 Å². The summed E-state index contributed by atoms with van der Waals surface area (Å²) >= 11 is 12.1. The summed E-state index contributed by atoms with van der Waals surface area (Å²) in [7, 11) is 0. The van der Waals surface area contributed by atoms with Crippen molar-refractivity contribution >= 4 is 34.8 Å². The van der Waals surface area contributed by atoms with Gasteiger partial charge in [0.1, 0.15) is 5.75 Å². The first-order valence-corrected chi connectivity index (χ1v) is 7.22. The van der Waals surface area contributed by atoms with Gasteiger partial charge in [0.05, 0.1) is 5.02 Å². The van der Waals surface area contributed by atoms with Gasteiger partial charge in [-0.3, -0.25) is 4.79 Å². The van der Waals surface area contributed by atoms with Crippen molar-refractivity contribution in [2.45, 2.75) is 20.0 Å². The maximum Gasteiger partial charge on any atom is 0.265 e. The van der Waals surface area contributed by atoms with E-state index < -0.39 is 6.10 Å². The maximum absolute atomic E-state index is 12.1. The lowest BCUT2D eigenvalue weighted by atomic mass is 10.2. The molecule has 0 aliphatic rings. The predicted octanol–water partition coefficient (Wildman–Crippen LogP) is 4.71. The third kappa shape index (κ3) is 3.90. The number of benzene rings is 2.